The Morgan fingerprint density at radius 1 is 1.32 bits per heavy atom. The zero-order valence-electron chi connectivity index (χ0n) is 11.1. The molecule has 1 aromatic carbocycles. The third kappa shape index (κ3) is 4.93. The Bertz CT molecular complexity index is 459. The predicted octanol–water partition coefficient (Wildman–Crippen LogP) is -0.924. The van der Waals surface area contributed by atoms with E-state index in [0.29, 0.717) is 0 Å². The van der Waals surface area contributed by atoms with Gasteiger partial charge in [0.2, 0.25) is 0 Å². The lowest BCUT2D eigenvalue weighted by molar-refractivity contribution is -0.00000409. The van der Waals surface area contributed by atoms with Gasteiger partial charge in [-0.05, 0) is 19.0 Å². The molecule has 2 aromatic rings. The molecule has 0 amide bonds. The molecule has 0 fully saturated rings. The molecule has 0 atom stereocenters. The van der Waals surface area contributed by atoms with Crippen LogP contribution in [-0.4, -0.2) is 23.2 Å². The van der Waals surface area contributed by atoms with Gasteiger partial charge in [0.05, 0.1) is 13.4 Å². The van der Waals surface area contributed by atoms with E-state index in [2.05, 4.69) is 20.9 Å². The monoisotopic (exact) mass is 280 g/mol. The highest BCUT2D eigenvalue weighted by Gasteiger charge is 2.00. The van der Waals surface area contributed by atoms with E-state index >= 15 is 0 Å². The highest BCUT2D eigenvalue weighted by atomic mass is 35.5. The number of hydrogen-bond donors (Lipinski definition) is 1. The van der Waals surface area contributed by atoms with Crippen LogP contribution in [0.2, 0.25) is 0 Å². The van der Waals surface area contributed by atoms with Gasteiger partial charge >= 0.3 is 0 Å². The molecule has 5 heteroatoms. The summed E-state index contributed by atoms with van der Waals surface area (Å²) in [5.41, 5.74) is 1.20. The number of ether oxygens (including phenoxy) is 1. The van der Waals surface area contributed by atoms with Gasteiger partial charge in [0, 0.05) is 31.0 Å². The van der Waals surface area contributed by atoms with Crippen LogP contribution in [0, 0.1) is 0 Å². The third-order valence-corrected chi connectivity index (χ3v) is 2.84. The number of nitrogens with zero attached hydrogens (tertiary/aromatic N) is 2. The molecule has 0 aliphatic carbocycles. The predicted molar refractivity (Wildman–Crippen MR) is 71.5 cm³/mol. The van der Waals surface area contributed by atoms with Crippen molar-refractivity contribution in [3.05, 3.63) is 48.5 Å². The first-order valence-corrected chi connectivity index (χ1v) is 6.18. The number of halogens is 1. The lowest BCUT2D eigenvalue weighted by Crippen LogP contribution is -3.00. The summed E-state index contributed by atoms with van der Waals surface area (Å²) in [6, 6.07) is 8.09. The number of benzene rings is 1. The second kappa shape index (κ2) is 8.56. The van der Waals surface area contributed by atoms with Crippen LogP contribution in [0.1, 0.15) is 12.0 Å². The van der Waals surface area contributed by atoms with Crippen molar-refractivity contribution in [2.45, 2.75) is 19.5 Å². The molecule has 0 unspecified atom stereocenters. The minimum Gasteiger partial charge on any atom is -1.00 e. The molecule has 0 saturated heterocycles. The third-order valence-electron chi connectivity index (χ3n) is 2.84. The van der Waals surface area contributed by atoms with Crippen molar-refractivity contribution in [2.75, 3.05) is 13.7 Å². The number of aromatic nitrogens is 2. The summed E-state index contributed by atoms with van der Waals surface area (Å²) >= 11 is 0. The molecule has 0 spiro atoms. The van der Waals surface area contributed by atoms with E-state index in [-0.39, 0.29) is 12.4 Å². The fourth-order valence-corrected chi connectivity index (χ4v) is 1.88. The summed E-state index contributed by atoms with van der Waals surface area (Å²) in [4.78, 5) is 4.02. The van der Waals surface area contributed by atoms with Gasteiger partial charge < -0.3 is 27.0 Å². The van der Waals surface area contributed by atoms with Gasteiger partial charge in [0.25, 0.3) is 0 Å². The van der Waals surface area contributed by atoms with Gasteiger partial charge in [-0.15, -0.1) is 0 Å². The van der Waals surface area contributed by atoms with E-state index in [1.165, 1.54) is 5.56 Å². The second-order valence-electron chi connectivity index (χ2n) is 4.14. The van der Waals surface area contributed by atoms with E-state index in [4.69, 9.17) is 4.74 Å². The van der Waals surface area contributed by atoms with Crippen molar-refractivity contribution in [1.29, 1.82) is 0 Å². The smallest absolute Gasteiger partial charge is 0.123 e. The van der Waals surface area contributed by atoms with Gasteiger partial charge in [0.1, 0.15) is 5.75 Å². The standard InChI is InChI=1S/C14H19N3O.ClH/c1-18-14-6-3-2-5-13(14)11-15-7-4-9-17-10-8-16-12-17;/h2-3,5-6,8,10,12,15H,4,7,9,11H2,1H3;1H/p-1. The van der Waals surface area contributed by atoms with E-state index in [9.17, 15) is 0 Å². The zero-order valence-corrected chi connectivity index (χ0v) is 11.8. The van der Waals surface area contributed by atoms with E-state index < -0.39 is 0 Å². The molecule has 2 rings (SSSR count). The van der Waals surface area contributed by atoms with Gasteiger partial charge in [-0.25, -0.2) is 4.98 Å². The van der Waals surface area contributed by atoms with Crippen molar-refractivity contribution in [2.24, 2.45) is 0 Å². The van der Waals surface area contributed by atoms with Crippen molar-refractivity contribution >= 4 is 0 Å². The number of hydrogen-bond acceptors (Lipinski definition) is 3. The van der Waals surface area contributed by atoms with Crippen molar-refractivity contribution in [3.63, 3.8) is 0 Å². The Labute approximate surface area is 120 Å². The zero-order chi connectivity index (χ0) is 12.6. The first-order chi connectivity index (χ1) is 8.90. The number of rotatable bonds is 7. The molecule has 104 valence electrons. The van der Waals surface area contributed by atoms with E-state index in [1.807, 2.05) is 36.9 Å². The van der Waals surface area contributed by atoms with Crippen LogP contribution < -0.4 is 22.5 Å². The maximum atomic E-state index is 5.31. The van der Waals surface area contributed by atoms with Crippen molar-refractivity contribution < 1.29 is 17.1 Å². The minimum absolute atomic E-state index is 0. The van der Waals surface area contributed by atoms with E-state index in [0.717, 1.165) is 31.8 Å². The summed E-state index contributed by atoms with van der Waals surface area (Å²) in [6.07, 6.45) is 6.73. The summed E-state index contributed by atoms with van der Waals surface area (Å²) in [5.74, 6) is 0.944. The van der Waals surface area contributed by atoms with Gasteiger partial charge in [-0.3, -0.25) is 0 Å². The SMILES string of the molecule is COc1ccccc1CNCCCn1ccnc1.[Cl-]. The van der Waals surface area contributed by atoms with Crippen LogP contribution in [0.25, 0.3) is 0 Å². The molecular weight excluding hydrogens is 262 g/mol. The Morgan fingerprint density at radius 3 is 2.89 bits per heavy atom. The molecule has 0 aliphatic rings. The quantitative estimate of drug-likeness (QED) is 0.667. The lowest BCUT2D eigenvalue weighted by atomic mass is 10.2. The van der Waals surface area contributed by atoms with Gasteiger partial charge in [0.15, 0.2) is 0 Å². The Hall–Kier alpha value is -1.52. The summed E-state index contributed by atoms with van der Waals surface area (Å²) < 4.78 is 7.40. The molecule has 19 heavy (non-hydrogen) atoms. The highest BCUT2D eigenvalue weighted by molar-refractivity contribution is 5.32. The van der Waals surface area contributed by atoms with E-state index in [1.54, 1.807) is 7.11 Å². The molecule has 1 heterocycles. The normalized spacial score (nSPS) is 9.95. The molecule has 0 radical (unpaired) electrons. The summed E-state index contributed by atoms with van der Waals surface area (Å²) in [7, 11) is 1.71. The fourth-order valence-electron chi connectivity index (χ4n) is 1.88. The topological polar surface area (TPSA) is 39.1 Å². The van der Waals surface area contributed by atoms with Crippen LogP contribution in [0.15, 0.2) is 43.0 Å². The summed E-state index contributed by atoms with van der Waals surface area (Å²) in [5, 5.41) is 3.43. The fraction of sp³-hybridized carbons (Fsp3) is 0.357. The Morgan fingerprint density at radius 2 is 2.16 bits per heavy atom. The van der Waals surface area contributed by atoms with Crippen molar-refractivity contribution in [3.8, 4) is 5.75 Å². The Balaban J connectivity index is 0.00000180. The second-order valence-corrected chi connectivity index (χ2v) is 4.14. The molecule has 4 nitrogen and oxygen atoms in total. The number of nitrogens with one attached hydrogen (secondary N) is 1. The molecule has 1 N–H and O–H groups in total. The average Bonchev–Trinajstić information content (AvgIpc) is 2.92. The molecular formula is C14H19ClN3O-. The number of para-hydroxylation sites is 1. The molecule has 0 saturated carbocycles. The van der Waals surface area contributed by atoms with Crippen LogP contribution in [0.5, 0.6) is 5.75 Å². The lowest BCUT2D eigenvalue weighted by Gasteiger charge is -2.09. The average molecular weight is 281 g/mol. The van der Waals surface area contributed by atoms with Crippen LogP contribution in [0.4, 0.5) is 0 Å². The minimum atomic E-state index is 0. The van der Waals surface area contributed by atoms with Gasteiger partial charge in [-0.2, -0.15) is 0 Å². The first-order valence-electron chi connectivity index (χ1n) is 6.18. The van der Waals surface area contributed by atoms with Crippen LogP contribution in [0.3, 0.4) is 0 Å². The molecule has 0 aliphatic heterocycles. The maximum absolute atomic E-state index is 5.31. The largest absolute Gasteiger partial charge is 1.00 e. The first kappa shape index (κ1) is 15.5. The highest BCUT2D eigenvalue weighted by Crippen LogP contribution is 2.16. The Kier molecular flexibility index (Phi) is 7.00. The summed E-state index contributed by atoms with van der Waals surface area (Å²) in [6.45, 7) is 2.82. The van der Waals surface area contributed by atoms with Gasteiger partial charge in [-0.1, -0.05) is 18.2 Å². The van der Waals surface area contributed by atoms with Crippen molar-refractivity contribution in [1.82, 2.24) is 14.9 Å². The number of aryl methyl sites for hydroxylation is 1. The number of methoxy groups -OCH3 is 1. The molecule has 0 bridgehead atoms. The van der Waals surface area contributed by atoms with Crippen LogP contribution >= 0.6 is 0 Å². The van der Waals surface area contributed by atoms with Crippen LogP contribution in [-0.2, 0) is 13.1 Å². The number of imidazole rings is 1. The maximum Gasteiger partial charge on any atom is 0.123 e. The molecule has 1 aromatic heterocycles.